The van der Waals surface area contributed by atoms with Gasteiger partial charge in [0.2, 0.25) is 0 Å². The van der Waals surface area contributed by atoms with Crippen molar-refractivity contribution in [3.63, 3.8) is 0 Å². The number of hydrogen-bond acceptors (Lipinski definition) is 1. The van der Waals surface area contributed by atoms with E-state index in [-0.39, 0.29) is 6.10 Å². The summed E-state index contributed by atoms with van der Waals surface area (Å²) in [5.41, 5.74) is 0. The Bertz CT molecular complexity index is 256. The molecule has 1 nitrogen and oxygen atoms in total. The molecule has 0 spiro atoms. The minimum Gasteiger partial charge on any atom is -0.375 e. The fourth-order valence-electron chi connectivity index (χ4n) is 3.43. The molecule has 1 aliphatic carbocycles. The van der Waals surface area contributed by atoms with Crippen molar-refractivity contribution < 1.29 is 17.9 Å². The largest absolute Gasteiger partial charge is 0.391 e. The first-order chi connectivity index (χ1) is 8.50. The quantitative estimate of drug-likeness (QED) is 0.717. The summed E-state index contributed by atoms with van der Waals surface area (Å²) in [6, 6.07) is 0. The second kappa shape index (κ2) is 5.81. The smallest absolute Gasteiger partial charge is 0.375 e. The van der Waals surface area contributed by atoms with Crippen LogP contribution in [0.2, 0.25) is 0 Å². The van der Waals surface area contributed by atoms with E-state index in [1.54, 1.807) is 0 Å². The van der Waals surface area contributed by atoms with Crippen molar-refractivity contribution in [1.29, 1.82) is 0 Å². The van der Waals surface area contributed by atoms with Crippen LogP contribution in [0.3, 0.4) is 0 Å². The SMILES string of the molecule is CCCC1CCC(C2CCC(C(F)(F)F)CC2)O1. The Balaban J connectivity index is 1.77. The minimum atomic E-state index is -3.99. The lowest BCUT2D eigenvalue weighted by Gasteiger charge is -2.32. The van der Waals surface area contributed by atoms with Crippen LogP contribution in [0, 0.1) is 11.8 Å². The maximum Gasteiger partial charge on any atom is 0.391 e. The lowest BCUT2D eigenvalue weighted by atomic mass is 9.78. The van der Waals surface area contributed by atoms with Crippen LogP contribution in [-0.2, 0) is 4.74 Å². The molecule has 4 heteroatoms. The van der Waals surface area contributed by atoms with Gasteiger partial charge in [-0.3, -0.25) is 0 Å². The molecular weight excluding hydrogens is 241 g/mol. The highest BCUT2D eigenvalue weighted by Gasteiger charge is 2.43. The molecule has 1 heterocycles. The van der Waals surface area contributed by atoms with E-state index < -0.39 is 12.1 Å². The van der Waals surface area contributed by atoms with Gasteiger partial charge in [0.25, 0.3) is 0 Å². The van der Waals surface area contributed by atoms with Gasteiger partial charge in [-0.1, -0.05) is 13.3 Å². The van der Waals surface area contributed by atoms with Gasteiger partial charge in [0.05, 0.1) is 18.1 Å². The summed E-state index contributed by atoms with van der Waals surface area (Å²) in [6.45, 7) is 2.14. The number of halogens is 3. The zero-order valence-electron chi connectivity index (χ0n) is 11.0. The fraction of sp³-hybridized carbons (Fsp3) is 1.00. The second-order valence-electron chi connectivity index (χ2n) is 5.82. The zero-order chi connectivity index (χ0) is 13.2. The Morgan fingerprint density at radius 1 is 1.00 bits per heavy atom. The van der Waals surface area contributed by atoms with E-state index in [1.165, 1.54) is 0 Å². The van der Waals surface area contributed by atoms with Crippen LogP contribution < -0.4 is 0 Å². The van der Waals surface area contributed by atoms with Crippen molar-refractivity contribution in [1.82, 2.24) is 0 Å². The van der Waals surface area contributed by atoms with Crippen LogP contribution in [0.15, 0.2) is 0 Å². The highest BCUT2D eigenvalue weighted by Crippen LogP contribution is 2.43. The van der Waals surface area contributed by atoms with Crippen molar-refractivity contribution >= 4 is 0 Å². The van der Waals surface area contributed by atoms with Gasteiger partial charge in [-0.2, -0.15) is 13.2 Å². The Hall–Kier alpha value is -0.250. The van der Waals surface area contributed by atoms with Crippen molar-refractivity contribution in [2.24, 2.45) is 11.8 Å². The first-order valence-corrected chi connectivity index (χ1v) is 7.23. The summed E-state index contributed by atoms with van der Waals surface area (Å²) in [5, 5.41) is 0. The van der Waals surface area contributed by atoms with E-state index in [1.807, 2.05) is 0 Å². The third kappa shape index (κ3) is 3.40. The number of ether oxygens (including phenoxy) is 1. The van der Waals surface area contributed by atoms with Crippen LogP contribution in [0.4, 0.5) is 13.2 Å². The Morgan fingerprint density at radius 2 is 1.67 bits per heavy atom. The van der Waals surface area contributed by atoms with E-state index >= 15 is 0 Å². The number of rotatable bonds is 3. The van der Waals surface area contributed by atoms with E-state index in [0.29, 0.717) is 37.7 Å². The van der Waals surface area contributed by atoms with E-state index in [4.69, 9.17) is 4.74 Å². The summed E-state index contributed by atoms with van der Waals surface area (Å²) >= 11 is 0. The van der Waals surface area contributed by atoms with Crippen LogP contribution >= 0.6 is 0 Å². The standard InChI is InChI=1S/C14H23F3O/c1-2-3-12-8-9-13(18-12)10-4-6-11(7-5-10)14(15,16)17/h10-13H,2-9H2,1H3. The zero-order valence-corrected chi connectivity index (χ0v) is 11.0. The molecule has 0 N–H and O–H groups in total. The molecule has 2 rings (SSSR count). The van der Waals surface area contributed by atoms with E-state index in [0.717, 1.165) is 25.7 Å². The molecule has 2 unspecified atom stereocenters. The van der Waals surface area contributed by atoms with E-state index in [9.17, 15) is 13.2 Å². The molecule has 2 fully saturated rings. The Kier molecular flexibility index (Phi) is 4.57. The van der Waals surface area contributed by atoms with Crippen molar-refractivity contribution in [3.8, 4) is 0 Å². The highest BCUT2D eigenvalue weighted by molar-refractivity contribution is 4.85. The Morgan fingerprint density at radius 3 is 2.22 bits per heavy atom. The van der Waals surface area contributed by atoms with Crippen LogP contribution in [0.25, 0.3) is 0 Å². The highest BCUT2D eigenvalue weighted by atomic mass is 19.4. The first-order valence-electron chi connectivity index (χ1n) is 7.23. The lowest BCUT2D eigenvalue weighted by Crippen LogP contribution is -2.32. The van der Waals surface area contributed by atoms with Gasteiger partial charge in [0, 0.05) is 0 Å². The molecule has 0 radical (unpaired) electrons. The maximum atomic E-state index is 12.6. The van der Waals surface area contributed by atoms with Gasteiger partial charge < -0.3 is 4.74 Å². The minimum absolute atomic E-state index is 0.232. The third-order valence-electron chi connectivity index (χ3n) is 4.51. The second-order valence-corrected chi connectivity index (χ2v) is 5.82. The molecule has 0 amide bonds. The van der Waals surface area contributed by atoms with Crippen molar-refractivity contribution in [3.05, 3.63) is 0 Å². The predicted molar refractivity (Wildman–Crippen MR) is 64.3 cm³/mol. The lowest BCUT2D eigenvalue weighted by molar-refractivity contribution is -0.186. The number of hydrogen-bond donors (Lipinski definition) is 0. The third-order valence-corrected chi connectivity index (χ3v) is 4.51. The molecule has 1 saturated carbocycles. The molecule has 18 heavy (non-hydrogen) atoms. The maximum absolute atomic E-state index is 12.6. The molecular formula is C14H23F3O. The fourth-order valence-corrected chi connectivity index (χ4v) is 3.43. The average molecular weight is 264 g/mol. The van der Waals surface area contributed by atoms with Gasteiger partial charge >= 0.3 is 6.18 Å². The molecule has 0 aromatic carbocycles. The predicted octanol–water partition coefficient (Wildman–Crippen LogP) is 4.70. The Labute approximate surface area is 107 Å². The summed E-state index contributed by atoms with van der Waals surface area (Å²) in [5.74, 6) is -0.702. The molecule has 0 bridgehead atoms. The van der Waals surface area contributed by atoms with Crippen molar-refractivity contribution in [2.45, 2.75) is 76.7 Å². The molecule has 1 saturated heterocycles. The normalized spacial score (nSPS) is 38.0. The molecule has 1 aliphatic heterocycles. The molecule has 2 aliphatic rings. The average Bonchev–Trinajstić information content (AvgIpc) is 2.77. The summed E-state index contributed by atoms with van der Waals surface area (Å²) in [7, 11) is 0. The molecule has 0 aromatic rings. The molecule has 0 aromatic heterocycles. The first kappa shape index (κ1) is 14.2. The molecule has 2 atom stereocenters. The summed E-state index contributed by atoms with van der Waals surface area (Å²) in [4.78, 5) is 0. The van der Waals surface area contributed by atoms with Gasteiger partial charge in [0.1, 0.15) is 0 Å². The van der Waals surface area contributed by atoms with Crippen LogP contribution in [0.5, 0.6) is 0 Å². The summed E-state index contributed by atoms with van der Waals surface area (Å²) in [6.07, 6.45) is 2.93. The van der Waals surface area contributed by atoms with Crippen LogP contribution in [0.1, 0.15) is 58.3 Å². The van der Waals surface area contributed by atoms with Crippen LogP contribution in [-0.4, -0.2) is 18.4 Å². The monoisotopic (exact) mass is 264 g/mol. The summed E-state index contributed by atoms with van der Waals surface area (Å²) < 4.78 is 43.7. The van der Waals surface area contributed by atoms with Gasteiger partial charge in [-0.15, -0.1) is 0 Å². The topological polar surface area (TPSA) is 9.23 Å². The van der Waals surface area contributed by atoms with Gasteiger partial charge in [0.15, 0.2) is 0 Å². The van der Waals surface area contributed by atoms with Crippen molar-refractivity contribution in [2.75, 3.05) is 0 Å². The van der Waals surface area contributed by atoms with Gasteiger partial charge in [-0.25, -0.2) is 0 Å². The molecule has 106 valence electrons. The van der Waals surface area contributed by atoms with Gasteiger partial charge in [-0.05, 0) is 50.9 Å². The number of alkyl halides is 3. The van der Waals surface area contributed by atoms with E-state index in [2.05, 4.69) is 6.92 Å².